The molecule has 2 saturated carbocycles. The lowest BCUT2D eigenvalue weighted by Crippen LogP contribution is -2.38. The molecule has 0 atom stereocenters. The van der Waals surface area contributed by atoms with Gasteiger partial charge < -0.3 is 11.1 Å². The fourth-order valence-corrected chi connectivity index (χ4v) is 2.51. The third-order valence-electron chi connectivity index (χ3n) is 3.92. The van der Waals surface area contributed by atoms with E-state index in [1.54, 1.807) is 0 Å². The van der Waals surface area contributed by atoms with Gasteiger partial charge in [-0.3, -0.25) is 14.9 Å². The molecule has 0 bridgehead atoms. The smallest absolute Gasteiger partial charge is 0.288 e. The summed E-state index contributed by atoms with van der Waals surface area (Å²) in [7, 11) is 0. The van der Waals surface area contributed by atoms with Crippen molar-refractivity contribution in [2.24, 2.45) is 11.8 Å². The number of nitro groups is 1. The van der Waals surface area contributed by atoms with Crippen LogP contribution in [-0.4, -0.2) is 21.9 Å². The fourth-order valence-electron chi connectivity index (χ4n) is 2.51. The number of pyridine rings is 1. The van der Waals surface area contributed by atoms with Crippen molar-refractivity contribution in [3.05, 3.63) is 27.9 Å². The van der Waals surface area contributed by atoms with Crippen molar-refractivity contribution in [3.8, 4) is 0 Å². The molecule has 1 heterocycles. The van der Waals surface area contributed by atoms with Crippen LogP contribution in [0.1, 0.15) is 36.0 Å². The Morgan fingerprint density at radius 2 is 2.00 bits per heavy atom. The summed E-state index contributed by atoms with van der Waals surface area (Å²) < 4.78 is 0. The van der Waals surface area contributed by atoms with Gasteiger partial charge in [-0.05, 0) is 37.5 Å². The van der Waals surface area contributed by atoms with Crippen LogP contribution in [0.25, 0.3) is 0 Å². The van der Waals surface area contributed by atoms with Crippen LogP contribution >= 0.6 is 0 Å². The number of amides is 1. The van der Waals surface area contributed by atoms with Gasteiger partial charge in [-0.1, -0.05) is 0 Å². The summed E-state index contributed by atoms with van der Waals surface area (Å²) >= 11 is 0. The maximum atomic E-state index is 12.3. The molecule has 106 valence electrons. The van der Waals surface area contributed by atoms with Crippen LogP contribution < -0.4 is 11.1 Å². The summed E-state index contributed by atoms with van der Waals surface area (Å²) in [5, 5.41) is 13.7. The van der Waals surface area contributed by atoms with Gasteiger partial charge in [0, 0.05) is 12.1 Å². The van der Waals surface area contributed by atoms with Crippen molar-refractivity contribution in [3.63, 3.8) is 0 Å². The summed E-state index contributed by atoms with van der Waals surface area (Å²) in [4.78, 5) is 26.1. The number of anilines is 1. The summed E-state index contributed by atoms with van der Waals surface area (Å²) in [6, 6.07) is 1.37. The van der Waals surface area contributed by atoms with Crippen molar-refractivity contribution in [1.29, 1.82) is 0 Å². The van der Waals surface area contributed by atoms with Crippen LogP contribution in [0.2, 0.25) is 0 Å². The fraction of sp³-hybridized carbons (Fsp3) is 0.538. The molecule has 1 amide bonds. The van der Waals surface area contributed by atoms with Crippen molar-refractivity contribution in [2.75, 3.05) is 5.73 Å². The SMILES string of the molecule is Nc1ncc([N+](=O)[O-])cc1C(=O)NC(C1CC1)C1CC1. The number of hydrogen-bond acceptors (Lipinski definition) is 5. The van der Waals surface area contributed by atoms with Crippen LogP contribution in [0.4, 0.5) is 11.5 Å². The Kier molecular flexibility index (Phi) is 3.04. The summed E-state index contributed by atoms with van der Waals surface area (Å²) in [5.41, 5.74) is 5.52. The minimum atomic E-state index is -0.581. The normalized spacial score (nSPS) is 18.1. The predicted molar refractivity (Wildman–Crippen MR) is 72.0 cm³/mol. The van der Waals surface area contributed by atoms with E-state index < -0.39 is 4.92 Å². The van der Waals surface area contributed by atoms with Crippen LogP contribution in [-0.2, 0) is 0 Å². The van der Waals surface area contributed by atoms with E-state index in [1.807, 2.05) is 0 Å². The molecule has 3 N–H and O–H groups in total. The third kappa shape index (κ3) is 2.56. The molecule has 0 spiro atoms. The standard InChI is InChI=1S/C13H16N4O3/c14-12-10(5-9(6-15-12)17(19)20)13(18)16-11(7-1-2-7)8-3-4-8/h5-8,11H,1-4H2,(H2,14,15)(H,16,18). The molecule has 0 unspecified atom stereocenters. The van der Waals surface area contributed by atoms with Gasteiger partial charge in [0.15, 0.2) is 0 Å². The minimum Gasteiger partial charge on any atom is -0.383 e. The lowest BCUT2D eigenvalue weighted by atomic mass is 10.1. The monoisotopic (exact) mass is 276 g/mol. The highest BCUT2D eigenvalue weighted by molar-refractivity contribution is 5.99. The maximum Gasteiger partial charge on any atom is 0.288 e. The van der Waals surface area contributed by atoms with Gasteiger partial charge in [-0.2, -0.15) is 0 Å². The van der Waals surface area contributed by atoms with E-state index in [4.69, 9.17) is 5.73 Å². The highest BCUT2D eigenvalue weighted by Gasteiger charge is 2.42. The van der Waals surface area contributed by atoms with Crippen LogP contribution in [0.3, 0.4) is 0 Å². The average molecular weight is 276 g/mol. The van der Waals surface area contributed by atoms with E-state index in [2.05, 4.69) is 10.3 Å². The first kappa shape index (κ1) is 12.8. The first-order valence-corrected chi connectivity index (χ1v) is 6.77. The molecular formula is C13H16N4O3. The van der Waals surface area contributed by atoms with Gasteiger partial charge in [0.05, 0.1) is 10.5 Å². The van der Waals surface area contributed by atoms with E-state index in [-0.39, 0.29) is 29.0 Å². The second-order valence-corrected chi connectivity index (χ2v) is 5.56. The van der Waals surface area contributed by atoms with E-state index >= 15 is 0 Å². The average Bonchev–Trinajstić information content (AvgIpc) is 3.28. The lowest BCUT2D eigenvalue weighted by molar-refractivity contribution is -0.385. The Morgan fingerprint density at radius 3 is 2.50 bits per heavy atom. The molecule has 1 aromatic rings. The predicted octanol–water partition coefficient (Wildman–Crippen LogP) is 1.49. The van der Waals surface area contributed by atoms with Gasteiger partial charge in [0.2, 0.25) is 0 Å². The number of carbonyl (C=O) groups excluding carboxylic acids is 1. The van der Waals surface area contributed by atoms with E-state index in [0.717, 1.165) is 31.9 Å². The van der Waals surface area contributed by atoms with Crippen molar-refractivity contribution in [1.82, 2.24) is 10.3 Å². The Morgan fingerprint density at radius 1 is 1.40 bits per heavy atom. The van der Waals surface area contributed by atoms with Gasteiger partial charge in [0.25, 0.3) is 11.6 Å². The van der Waals surface area contributed by atoms with Crippen molar-refractivity contribution < 1.29 is 9.72 Å². The number of nitrogens with two attached hydrogens (primary N) is 1. The number of nitrogen functional groups attached to an aromatic ring is 1. The Labute approximate surface area is 115 Å². The molecule has 1 aromatic heterocycles. The Bertz CT molecular complexity index is 555. The number of rotatable bonds is 5. The molecule has 0 aromatic carbocycles. The molecule has 20 heavy (non-hydrogen) atoms. The van der Waals surface area contributed by atoms with Gasteiger partial charge in [-0.25, -0.2) is 4.98 Å². The quantitative estimate of drug-likeness (QED) is 0.625. The lowest BCUT2D eigenvalue weighted by Gasteiger charge is -2.17. The largest absolute Gasteiger partial charge is 0.383 e. The molecule has 0 saturated heterocycles. The Hall–Kier alpha value is -2.18. The minimum absolute atomic E-state index is 0.0263. The summed E-state index contributed by atoms with van der Waals surface area (Å²) in [6.45, 7) is 0. The first-order chi connectivity index (χ1) is 9.56. The second kappa shape index (κ2) is 4.73. The molecule has 3 rings (SSSR count). The molecule has 2 fully saturated rings. The zero-order chi connectivity index (χ0) is 14.3. The van der Waals surface area contributed by atoms with Gasteiger partial charge in [-0.15, -0.1) is 0 Å². The molecular weight excluding hydrogens is 260 g/mol. The first-order valence-electron chi connectivity index (χ1n) is 6.77. The molecule has 7 heteroatoms. The summed E-state index contributed by atoms with van der Waals surface area (Å²) in [6.07, 6.45) is 5.63. The van der Waals surface area contributed by atoms with Crippen molar-refractivity contribution in [2.45, 2.75) is 31.7 Å². The maximum absolute atomic E-state index is 12.3. The molecule has 0 aliphatic heterocycles. The summed E-state index contributed by atoms with van der Waals surface area (Å²) in [5.74, 6) is 0.777. The van der Waals surface area contributed by atoms with E-state index in [1.165, 1.54) is 6.07 Å². The topological polar surface area (TPSA) is 111 Å². The van der Waals surface area contributed by atoms with Crippen LogP contribution in [0.5, 0.6) is 0 Å². The zero-order valence-electron chi connectivity index (χ0n) is 10.9. The molecule has 7 nitrogen and oxygen atoms in total. The molecule has 2 aliphatic rings. The zero-order valence-corrected chi connectivity index (χ0v) is 10.9. The number of hydrogen-bond donors (Lipinski definition) is 2. The molecule has 2 aliphatic carbocycles. The number of nitrogens with zero attached hydrogens (tertiary/aromatic N) is 2. The van der Waals surface area contributed by atoms with Gasteiger partial charge in [0.1, 0.15) is 12.0 Å². The number of carbonyl (C=O) groups is 1. The number of nitrogens with one attached hydrogen (secondary N) is 1. The van der Waals surface area contributed by atoms with Gasteiger partial charge >= 0.3 is 0 Å². The van der Waals surface area contributed by atoms with E-state index in [0.29, 0.717) is 11.8 Å². The third-order valence-corrected chi connectivity index (χ3v) is 3.92. The Balaban J connectivity index is 1.78. The highest BCUT2D eigenvalue weighted by Crippen LogP contribution is 2.44. The van der Waals surface area contributed by atoms with Crippen LogP contribution in [0, 0.1) is 22.0 Å². The molecule has 0 radical (unpaired) electrons. The second-order valence-electron chi connectivity index (χ2n) is 5.56. The van der Waals surface area contributed by atoms with E-state index in [9.17, 15) is 14.9 Å². The number of aromatic nitrogens is 1. The van der Waals surface area contributed by atoms with Crippen LogP contribution in [0.15, 0.2) is 12.3 Å². The highest BCUT2D eigenvalue weighted by atomic mass is 16.6. The van der Waals surface area contributed by atoms with Crippen molar-refractivity contribution >= 4 is 17.4 Å².